The maximum Gasteiger partial charge on any atom is 0.288 e. The lowest BCUT2D eigenvalue weighted by Gasteiger charge is -2.19. The van der Waals surface area contributed by atoms with Crippen molar-refractivity contribution in [3.63, 3.8) is 0 Å². The van der Waals surface area contributed by atoms with Gasteiger partial charge in [-0.1, -0.05) is 23.9 Å². The highest BCUT2D eigenvalue weighted by atomic mass is 79.9. The molecule has 2 rings (SSSR count). The van der Waals surface area contributed by atoms with Gasteiger partial charge in [0, 0.05) is 15.1 Å². The average Bonchev–Trinajstić information content (AvgIpc) is 2.66. The van der Waals surface area contributed by atoms with Gasteiger partial charge in [0.2, 0.25) is 5.91 Å². The van der Waals surface area contributed by atoms with Crippen LogP contribution in [0.3, 0.4) is 0 Å². The van der Waals surface area contributed by atoms with Crippen molar-refractivity contribution in [3.05, 3.63) is 58.6 Å². The van der Waals surface area contributed by atoms with E-state index in [9.17, 15) is 18.4 Å². The molecule has 0 spiro atoms. The fraction of sp³-hybridized carbons (Fsp3) is 0.263. The van der Waals surface area contributed by atoms with Crippen LogP contribution in [0.5, 0.6) is 0 Å². The minimum absolute atomic E-state index is 0.350. The molecular formula is C19H19BrF2N2O2S2. The quantitative estimate of drug-likeness (QED) is 0.473. The van der Waals surface area contributed by atoms with Crippen LogP contribution in [0, 0.1) is 0 Å². The summed E-state index contributed by atoms with van der Waals surface area (Å²) in [7, 11) is 0. The van der Waals surface area contributed by atoms with Crippen molar-refractivity contribution < 1.29 is 18.4 Å². The topological polar surface area (TPSA) is 58.2 Å². The van der Waals surface area contributed by atoms with Gasteiger partial charge in [0.25, 0.3) is 11.7 Å². The van der Waals surface area contributed by atoms with Crippen LogP contribution in [0.15, 0.2) is 57.9 Å². The normalized spacial score (nSPS) is 11.9. The molecule has 0 saturated carbocycles. The molecule has 0 aromatic heterocycles. The van der Waals surface area contributed by atoms with Crippen molar-refractivity contribution in [1.29, 1.82) is 0 Å². The van der Waals surface area contributed by atoms with Crippen molar-refractivity contribution in [2.45, 2.75) is 23.1 Å². The number of hydrogen-bond donors (Lipinski definition) is 2. The van der Waals surface area contributed by atoms with E-state index < -0.39 is 11.8 Å². The van der Waals surface area contributed by atoms with Gasteiger partial charge in [-0.05, 0) is 70.8 Å². The Morgan fingerprint density at radius 3 is 2.39 bits per heavy atom. The van der Waals surface area contributed by atoms with Crippen LogP contribution in [0.4, 0.5) is 14.5 Å². The first kappa shape index (κ1) is 22.7. The number of halogens is 3. The van der Waals surface area contributed by atoms with Gasteiger partial charge >= 0.3 is 0 Å². The van der Waals surface area contributed by atoms with Gasteiger partial charge in [0.1, 0.15) is 6.04 Å². The van der Waals surface area contributed by atoms with Crippen LogP contribution in [-0.2, 0) is 4.79 Å². The smallest absolute Gasteiger partial charge is 0.288 e. The number of carbonyl (C=O) groups excluding carboxylic acids is 2. The summed E-state index contributed by atoms with van der Waals surface area (Å²) >= 11 is 5.35. The number of alkyl halides is 2. The Morgan fingerprint density at radius 2 is 1.79 bits per heavy atom. The molecule has 4 nitrogen and oxygen atoms in total. The van der Waals surface area contributed by atoms with Crippen molar-refractivity contribution in [2.24, 2.45) is 0 Å². The Balaban J connectivity index is 2.06. The highest BCUT2D eigenvalue weighted by Crippen LogP contribution is 2.26. The first-order valence-electron chi connectivity index (χ1n) is 8.30. The monoisotopic (exact) mass is 488 g/mol. The maximum absolute atomic E-state index is 12.7. The molecule has 0 aliphatic rings. The van der Waals surface area contributed by atoms with E-state index in [1.54, 1.807) is 48.2 Å². The lowest BCUT2D eigenvalue weighted by Crippen LogP contribution is -2.44. The van der Waals surface area contributed by atoms with E-state index in [2.05, 4.69) is 26.6 Å². The number of rotatable bonds is 9. The number of carbonyl (C=O) groups is 2. The summed E-state index contributed by atoms with van der Waals surface area (Å²) in [4.78, 5) is 25.6. The summed E-state index contributed by atoms with van der Waals surface area (Å²) in [6, 6.07) is 12.4. The molecule has 0 aliphatic carbocycles. The maximum atomic E-state index is 12.7. The van der Waals surface area contributed by atoms with Gasteiger partial charge in [0.15, 0.2) is 0 Å². The van der Waals surface area contributed by atoms with Gasteiger partial charge < -0.3 is 10.6 Å². The number of anilines is 1. The lowest BCUT2D eigenvalue weighted by molar-refractivity contribution is -0.118. The Kier molecular flexibility index (Phi) is 9.27. The molecule has 1 atom stereocenters. The molecule has 2 N–H and O–H groups in total. The third kappa shape index (κ3) is 7.10. The fourth-order valence-electron chi connectivity index (χ4n) is 2.33. The standard InChI is InChI=1S/C19H19BrF2N2O2S2/c1-27-11-10-16(24-17(25)14-4-2-3-5-15(14)20)18(26)23-12-6-8-13(9-7-12)28-19(21)22/h2-9,16,19H,10-11H2,1H3,(H,23,26)(H,24,25). The molecule has 1 unspecified atom stereocenters. The lowest BCUT2D eigenvalue weighted by atomic mass is 10.1. The Morgan fingerprint density at radius 1 is 1.11 bits per heavy atom. The van der Waals surface area contributed by atoms with Crippen molar-refractivity contribution in [2.75, 3.05) is 17.3 Å². The van der Waals surface area contributed by atoms with Crippen molar-refractivity contribution in [1.82, 2.24) is 5.32 Å². The fourth-order valence-corrected chi connectivity index (χ4v) is 3.77. The largest absolute Gasteiger partial charge is 0.340 e. The van der Waals surface area contributed by atoms with Crippen molar-refractivity contribution in [3.8, 4) is 0 Å². The molecule has 0 fully saturated rings. The van der Waals surface area contributed by atoms with E-state index >= 15 is 0 Å². The van der Waals surface area contributed by atoms with E-state index in [1.807, 2.05) is 6.26 Å². The predicted octanol–water partition coefficient (Wildman–Crippen LogP) is 5.25. The molecule has 2 amide bonds. The minimum atomic E-state index is -2.50. The molecule has 150 valence electrons. The van der Waals surface area contributed by atoms with Gasteiger partial charge in [-0.2, -0.15) is 20.5 Å². The summed E-state index contributed by atoms with van der Waals surface area (Å²) < 4.78 is 25.4. The summed E-state index contributed by atoms with van der Waals surface area (Å²) in [5.41, 5.74) is 0.922. The third-order valence-corrected chi connectivity index (χ3v) is 5.76. The summed E-state index contributed by atoms with van der Waals surface area (Å²) in [5, 5.41) is 5.50. The molecule has 9 heteroatoms. The minimum Gasteiger partial charge on any atom is -0.340 e. The number of nitrogens with one attached hydrogen (secondary N) is 2. The van der Waals surface area contributed by atoms with E-state index in [0.29, 0.717) is 44.6 Å². The van der Waals surface area contributed by atoms with Crippen LogP contribution in [0.2, 0.25) is 0 Å². The Bertz CT molecular complexity index is 807. The first-order chi connectivity index (χ1) is 13.4. The second-order valence-corrected chi connectivity index (χ2v) is 8.58. The predicted molar refractivity (Wildman–Crippen MR) is 115 cm³/mol. The molecule has 0 saturated heterocycles. The van der Waals surface area contributed by atoms with E-state index in [0.717, 1.165) is 0 Å². The number of hydrogen-bond acceptors (Lipinski definition) is 4. The Hall–Kier alpha value is -1.58. The molecule has 0 heterocycles. The van der Waals surface area contributed by atoms with Crippen LogP contribution in [-0.4, -0.2) is 35.6 Å². The molecule has 2 aromatic rings. The highest BCUT2D eigenvalue weighted by molar-refractivity contribution is 9.10. The average molecular weight is 489 g/mol. The number of thioether (sulfide) groups is 2. The molecule has 0 radical (unpaired) electrons. The zero-order valence-electron chi connectivity index (χ0n) is 15.0. The van der Waals surface area contributed by atoms with Crippen molar-refractivity contribution >= 4 is 57.0 Å². The second-order valence-electron chi connectivity index (χ2n) is 5.68. The molecule has 2 aromatic carbocycles. The number of benzene rings is 2. The third-order valence-electron chi connectivity index (χ3n) is 3.70. The number of amides is 2. The highest BCUT2D eigenvalue weighted by Gasteiger charge is 2.22. The first-order valence-corrected chi connectivity index (χ1v) is 11.4. The van der Waals surface area contributed by atoms with Gasteiger partial charge in [0.05, 0.1) is 5.56 Å². The van der Waals surface area contributed by atoms with Gasteiger partial charge in [-0.3, -0.25) is 9.59 Å². The molecule has 28 heavy (non-hydrogen) atoms. The summed E-state index contributed by atoms with van der Waals surface area (Å²) in [6.07, 6.45) is 2.38. The van der Waals surface area contributed by atoms with E-state index in [-0.39, 0.29) is 11.8 Å². The van der Waals surface area contributed by atoms with E-state index in [1.165, 1.54) is 12.1 Å². The van der Waals surface area contributed by atoms with Crippen LogP contribution in [0.25, 0.3) is 0 Å². The van der Waals surface area contributed by atoms with Crippen LogP contribution in [0.1, 0.15) is 16.8 Å². The summed E-state index contributed by atoms with van der Waals surface area (Å²) in [6.45, 7) is 0. The summed E-state index contributed by atoms with van der Waals surface area (Å²) in [5.74, 6) is -2.51. The van der Waals surface area contributed by atoms with E-state index in [4.69, 9.17) is 0 Å². The van der Waals surface area contributed by atoms with Gasteiger partial charge in [-0.15, -0.1) is 0 Å². The zero-order valence-corrected chi connectivity index (χ0v) is 18.2. The SMILES string of the molecule is CSCCC(NC(=O)c1ccccc1Br)C(=O)Nc1ccc(SC(F)F)cc1. The zero-order chi connectivity index (χ0) is 20.5. The Labute approximate surface area is 179 Å². The van der Waals surface area contributed by atoms with Crippen LogP contribution >= 0.6 is 39.5 Å². The molecular weight excluding hydrogens is 470 g/mol. The molecule has 0 bridgehead atoms. The van der Waals surface area contributed by atoms with Gasteiger partial charge in [-0.25, -0.2) is 0 Å². The molecule has 0 aliphatic heterocycles. The van der Waals surface area contributed by atoms with Crippen LogP contribution < -0.4 is 10.6 Å². The second kappa shape index (κ2) is 11.4.